The number of halogens is 1. The van der Waals surface area contributed by atoms with Gasteiger partial charge in [0.1, 0.15) is 0 Å². The second-order valence-electron chi connectivity index (χ2n) is 6.87. The molecule has 1 aliphatic heterocycles. The molecule has 0 saturated carbocycles. The number of carbonyl (C=O) groups is 2. The van der Waals surface area contributed by atoms with Crippen LogP contribution in [0, 0.1) is 5.92 Å². The Morgan fingerprint density at radius 2 is 1.96 bits per heavy atom. The molecule has 1 N–H and O–H groups in total. The maximum Gasteiger partial charge on any atom is 0.253 e. The number of hydrogen-bond donors (Lipinski definition) is 1. The van der Waals surface area contributed by atoms with Crippen molar-refractivity contribution in [2.24, 2.45) is 5.92 Å². The summed E-state index contributed by atoms with van der Waals surface area (Å²) in [6, 6.07) is 7.43. The number of nitrogens with zero attached hydrogens (tertiary/aromatic N) is 2. The van der Waals surface area contributed by atoms with Gasteiger partial charge in [0.05, 0.1) is 0 Å². The Labute approximate surface area is 158 Å². The van der Waals surface area contributed by atoms with Gasteiger partial charge in [0.15, 0.2) is 0 Å². The van der Waals surface area contributed by atoms with Gasteiger partial charge < -0.3 is 15.1 Å². The predicted molar refractivity (Wildman–Crippen MR) is 104 cm³/mol. The summed E-state index contributed by atoms with van der Waals surface area (Å²) in [5.41, 5.74) is 0.660. The van der Waals surface area contributed by atoms with Crippen LogP contribution in [0.1, 0.15) is 37.0 Å². The van der Waals surface area contributed by atoms with E-state index in [1.54, 1.807) is 0 Å². The number of nitrogens with one attached hydrogen (secondary N) is 1. The monoisotopic (exact) mass is 409 g/mol. The molecule has 0 atom stereocenters. The van der Waals surface area contributed by atoms with E-state index < -0.39 is 0 Å². The second kappa shape index (κ2) is 9.92. The fraction of sp³-hybridized carbons (Fsp3) is 0.579. The maximum absolute atomic E-state index is 12.9. The van der Waals surface area contributed by atoms with Crippen molar-refractivity contribution in [2.45, 2.75) is 26.7 Å². The first kappa shape index (κ1) is 19.9. The summed E-state index contributed by atoms with van der Waals surface area (Å²) in [6.07, 6.45) is 1.32. The molecule has 0 radical (unpaired) electrons. The van der Waals surface area contributed by atoms with Crippen molar-refractivity contribution < 1.29 is 9.59 Å². The summed E-state index contributed by atoms with van der Waals surface area (Å²) in [7, 11) is 0. The molecule has 6 heteroatoms. The van der Waals surface area contributed by atoms with E-state index in [-0.39, 0.29) is 11.8 Å². The van der Waals surface area contributed by atoms with E-state index in [0.29, 0.717) is 31.0 Å². The molecule has 0 spiro atoms. The summed E-state index contributed by atoms with van der Waals surface area (Å²) >= 11 is 3.42. The molecular formula is C19H28BrN3O2. The van der Waals surface area contributed by atoms with Crippen LogP contribution in [-0.4, -0.2) is 60.9 Å². The van der Waals surface area contributed by atoms with E-state index in [2.05, 4.69) is 35.1 Å². The first-order valence-corrected chi connectivity index (χ1v) is 9.80. The molecule has 1 aromatic carbocycles. The van der Waals surface area contributed by atoms with Gasteiger partial charge in [-0.1, -0.05) is 35.8 Å². The molecule has 0 unspecified atom stereocenters. The molecule has 1 heterocycles. The van der Waals surface area contributed by atoms with Gasteiger partial charge in [0, 0.05) is 55.7 Å². The lowest BCUT2D eigenvalue weighted by Gasteiger charge is -2.29. The van der Waals surface area contributed by atoms with Gasteiger partial charge in [-0.25, -0.2) is 0 Å². The third kappa shape index (κ3) is 6.44. The minimum absolute atomic E-state index is 0.00457. The number of rotatable bonds is 7. The molecule has 0 bridgehead atoms. The van der Waals surface area contributed by atoms with Crippen LogP contribution in [-0.2, 0) is 4.79 Å². The number of carbonyl (C=O) groups excluding carboxylic acids is 2. The molecule has 2 amide bonds. The second-order valence-corrected chi connectivity index (χ2v) is 7.78. The Morgan fingerprint density at radius 3 is 2.60 bits per heavy atom. The summed E-state index contributed by atoms with van der Waals surface area (Å²) in [5, 5.41) is 3.25. The van der Waals surface area contributed by atoms with Crippen LogP contribution in [0.3, 0.4) is 0 Å². The number of hydrogen-bond acceptors (Lipinski definition) is 3. The molecule has 2 rings (SSSR count). The van der Waals surface area contributed by atoms with E-state index in [0.717, 1.165) is 37.1 Å². The minimum atomic E-state index is -0.00457. The zero-order valence-corrected chi connectivity index (χ0v) is 16.7. The molecule has 1 aliphatic rings. The highest BCUT2D eigenvalue weighted by Gasteiger charge is 2.20. The highest BCUT2D eigenvalue weighted by Crippen LogP contribution is 2.15. The van der Waals surface area contributed by atoms with Crippen LogP contribution in [0.15, 0.2) is 28.7 Å². The van der Waals surface area contributed by atoms with Crippen molar-refractivity contribution in [1.82, 2.24) is 15.1 Å². The Hall–Kier alpha value is -1.40. The molecule has 25 heavy (non-hydrogen) atoms. The van der Waals surface area contributed by atoms with Gasteiger partial charge in [-0.3, -0.25) is 9.59 Å². The van der Waals surface area contributed by atoms with Crippen LogP contribution in [0.25, 0.3) is 0 Å². The third-order valence-electron chi connectivity index (χ3n) is 4.40. The molecule has 1 saturated heterocycles. The number of benzene rings is 1. The van der Waals surface area contributed by atoms with E-state index in [9.17, 15) is 9.59 Å². The van der Waals surface area contributed by atoms with Gasteiger partial charge >= 0.3 is 0 Å². The lowest BCUT2D eigenvalue weighted by molar-refractivity contribution is -0.131. The van der Waals surface area contributed by atoms with Gasteiger partial charge in [-0.05, 0) is 30.5 Å². The van der Waals surface area contributed by atoms with E-state index in [1.807, 2.05) is 34.1 Å². The van der Waals surface area contributed by atoms with Gasteiger partial charge in [0.2, 0.25) is 5.91 Å². The zero-order chi connectivity index (χ0) is 18.2. The average molecular weight is 410 g/mol. The normalized spacial score (nSPS) is 14.6. The molecule has 0 aromatic heterocycles. The standard InChI is InChI=1S/C19H28BrN3O2/c1-15(2)6-10-23(19(25)16-4-3-5-17(20)14-16)11-7-18(24)22-12-8-21-9-13-22/h3-5,14-15,21H,6-13H2,1-2H3. The van der Waals surface area contributed by atoms with Gasteiger partial charge in [0.25, 0.3) is 5.91 Å². The Bertz CT molecular complexity index is 586. The third-order valence-corrected chi connectivity index (χ3v) is 4.89. The molecular weight excluding hydrogens is 382 g/mol. The summed E-state index contributed by atoms with van der Waals surface area (Å²) in [6.45, 7) is 8.65. The molecule has 1 fully saturated rings. The predicted octanol–water partition coefficient (Wildman–Crippen LogP) is 2.76. The molecule has 1 aromatic rings. The first-order valence-electron chi connectivity index (χ1n) is 9.00. The first-order chi connectivity index (χ1) is 12.0. The van der Waals surface area contributed by atoms with Crippen molar-refractivity contribution in [1.29, 1.82) is 0 Å². The minimum Gasteiger partial charge on any atom is -0.340 e. The largest absolute Gasteiger partial charge is 0.340 e. The summed E-state index contributed by atoms with van der Waals surface area (Å²) in [4.78, 5) is 29.0. The molecule has 138 valence electrons. The van der Waals surface area contributed by atoms with Crippen molar-refractivity contribution in [3.05, 3.63) is 34.3 Å². The van der Waals surface area contributed by atoms with Crippen molar-refractivity contribution in [3.63, 3.8) is 0 Å². The van der Waals surface area contributed by atoms with Crippen molar-refractivity contribution in [3.8, 4) is 0 Å². The number of amides is 2. The van der Waals surface area contributed by atoms with Crippen LogP contribution in [0.4, 0.5) is 0 Å². The zero-order valence-electron chi connectivity index (χ0n) is 15.1. The van der Waals surface area contributed by atoms with E-state index in [1.165, 1.54) is 0 Å². The SMILES string of the molecule is CC(C)CCN(CCC(=O)N1CCNCC1)C(=O)c1cccc(Br)c1. The van der Waals surface area contributed by atoms with Crippen LogP contribution >= 0.6 is 15.9 Å². The lowest BCUT2D eigenvalue weighted by atomic mass is 10.1. The smallest absolute Gasteiger partial charge is 0.253 e. The summed E-state index contributed by atoms with van der Waals surface area (Å²) in [5.74, 6) is 0.648. The fourth-order valence-electron chi connectivity index (χ4n) is 2.84. The molecule has 0 aliphatic carbocycles. The Morgan fingerprint density at radius 1 is 1.24 bits per heavy atom. The molecule has 5 nitrogen and oxygen atoms in total. The van der Waals surface area contributed by atoms with Gasteiger partial charge in [-0.2, -0.15) is 0 Å². The maximum atomic E-state index is 12.9. The quantitative estimate of drug-likeness (QED) is 0.752. The highest BCUT2D eigenvalue weighted by molar-refractivity contribution is 9.10. The average Bonchev–Trinajstić information content (AvgIpc) is 2.61. The highest BCUT2D eigenvalue weighted by atomic mass is 79.9. The van der Waals surface area contributed by atoms with E-state index in [4.69, 9.17) is 0 Å². The summed E-state index contributed by atoms with van der Waals surface area (Å²) < 4.78 is 0.888. The fourth-order valence-corrected chi connectivity index (χ4v) is 3.24. The van der Waals surface area contributed by atoms with E-state index >= 15 is 0 Å². The van der Waals surface area contributed by atoms with Crippen molar-refractivity contribution >= 4 is 27.7 Å². The Kier molecular flexibility index (Phi) is 7.90. The lowest BCUT2D eigenvalue weighted by Crippen LogP contribution is -2.47. The topological polar surface area (TPSA) is 52.7 Å². The van der Waals surface area contributed by atoms with Gasteiger partial charge in [-0.15, -0.1) is 0 Å². The Balaban J connectivity index is 1.99. The number of piperazine rings is 1. The van der Waals surface area contributed by atoms with Crippen LogP contribution in [0.2, 0.25) is 0 Å². The van der Waals surface area contributed by atoms with Crippen molar-refractivity contribution in [2.75, 3.05) is 39.3 Å². The van der Waals surface area contributed by atoms with Crippen LogP contribution in [0.5, 0.6) is 0 Å². The van der Waals surface area contributed by atoms with Crippen LogP contribution < -0.4 is 5.32 Å².